The molecule has 0 aliphatic carbocycles. The molecule has 3 aromatic heterocycles. The molecule has 1 aliphatic rings. The molecule has 0 saturated carbocycles. The number of carbonyl (C=O) groups excluding carboxylic acids is 1. The van der Waals surface area contributed by atoms with Crippen LogP contribution in [0.4, 0.5) is 14.5 Å². The van der Waals surface area contributed by atoms with E-state index in [0.717, 1.165) is 17.9 Å². The lowest BCUT2D eigenvalue weighted by Gasteiger charge is -2.24. The maximum absolute atomic E-state index is 13.0. The Hall–Kier alpha value is -2.55. The summed E-state index contributed by atoms with van der Waals surface area (Å²) in [6, 6.07) is 3.20. The van der Waals surface area contributed by atoms with Crippen LogP contribution in [-0.2, 0) is 6.54 Å². The first kappa shape index (κ1) is 15.9. The zero-order valence-electron chi connectivity index (χ0n) is 13.5. The monoisotopic (exact) mass is 363 g/mol. The second kappa shape index (κ2) is 5.76. The van der Waals surface area contributed by atoms with Gasteiger partial charge in [0.2, 0.25) is 0 Å². The van der Waals surface area contributed by atoms with Crippen LogP contribution in [0.5, 0.6) is 0 Å². The Morgan fingerprint density at radius 2 is 2.20 bits per heavy atom. The van der Waals surface area contributed by atoms with Crippen molar-refractivity contribution in [3.63, 3.8) is 0 Å². The molecule has 0 bridgehead atoms. The fourth-order valence-electron chi connectivity index (χ4n) is 2.95. The van der Waals surface area contributed by atoms with E-state index in [1.165, 1.54) is 6.07 Å². The zero-order chi connectivity index (χ0) is 17.7. The fourth-order valence-corrected chi connectivity index (χ4v) is 4.07. The topological polar surface area (TPSA) is 71.8 Å². The lowest BCUT2D eigenvalue weighted by molar-refractivity contribution is 0.0939. The summed E-state index contributed by atoms with van der Waals surface area (Å²) in [4.78, 5) is 17.4. The summed E-state index contributed by atoms with van der Waals surface area (Å²) in [5, 5.41) is 11.2. The zero-order valence-corrected chi connectivity index (χ0v) is 14.3. The lowest BCUT2D eigenvalue weighted by atomic mass is 10.1. The predicted molar refractivity (Wildman–Crippen MR) is 91.0 cm³/mol. The van der Waals surface area contributed by atoms with E-state index in [1.807, 2.05) is 19.2 Å². The van der Waals surface area contributed by atoms with E-state index < -0.39 is 12.6 Å². The number of alkyl halides is 2. The van der Waals surface area contributed by atoms with Crippen LogP contribution in [0.15, 0.2) is 18.3 Å². The lowest BCUT2D eigenvalue weighted by Crippen LogP contribution is -2.38. The number of aryl methyl sites for hydroxylation is 2. The van der Waals surface area contributed by atoms with Gasteiger partial charge in [0.05, 0.1) is 5.69 Å². The Balaban J connectivity index is 1.81. The van der Waals surface area contributed by atoms with Crippen molar-refractivity contribution >= 4 is 33.1 Å². The summed E-state index contributed by atoms with van der Waals surface area (Å²) < 4.78 is 27.8. The number of thiophene rings is 1. The standard InChI is InChI=1S/C16H15F2N5OS/c1-3-23-5-4-8(22-23)14-20-11-10-7(2)6-9(13(17)18)19-16(10)25-12(11)15(24)21-14/h4-6,13-14,20H,3H2,1-2H3,(H,21,24). The number of nitrogens with one attached hydrogen (secondary N) is 2. The van der Waals surface area contributed by atoms with Gasteiger partial charge in [0.25, 0.3) is 12.3 Å². The highest BCUT2D eigenvalue weighted by molar-refractivity contribution is 7.21. The highest BCUT2D eigenvalue weighted by atomic mass is 32.1. The molecule has 130 valence electrons. The maximum atomic E-state index is 13.0. The Morgan fingerprint density at radius 1 is 1.40 bits per heavy atom. The van der Waals surface area contributed by atoms with Crippen molar-refractivity contribution in [2.75, 3.05) is 5.32 Å². The molecule has 0 spiro atoms. The van der Waals surface area contributed by atoms with E-state index >= 15 is 0 Å². The van der Waals surface area contributed by atoms with Crippen molar-refractivity contribution in [3.8, 4) is 0 Å². The van der Waals surface area contributed by atoms with E-state index in [9.17, 15) is 13.6 Å². The molecule has 9 heteroatoms. The van der Waals surface area contributed by atoms with Gasteiger partial charge >= 0.3 is 0 Å². The number of carbonyl (C=O) groups is 1. The maximum Gasteiger partial charge on any atom is 0.280 e. The largest absolute Gasteiger partial charge is 0.358 e. The van der Waals surface area contributed by atoms with Gasteiger partial charge < -0.3 is 10.6 Å². The summed E-state index contributed by atoms with van der Waals surface area (Å²) in [6.45, 7) is 4.45. The number of hydrogen-bond donors (Lipinski definition) is 2. The minimum absolute atomic E-state index is 0.259. The molecule has 1 amide bonds. The number of fused-ring (bicyclic) bond motifs is 3. The Kier molecular flexibility index (Phi) is 3.68. The van der Waals surface area contributed by atoms with Crippen LogP contribution >= 0.6 is 11.3 Å². The summed E-state index contributed by atoms with van der Waals surface area (Å²) in [7, 11) is 0. The van der Waals surface area contributed by atoms with E-state index in [1.54, 1.807) is 11.6 Å². The number of hydrogen-bond acceptors (Lipinski definition) is 5. The summed E-state index contributed by atoms with van der Waals surface area (Å²) >= 11 is 1.12. The van der Waals surface area contributed by atoms with Gasteiger partial charge in [-0.2, -0.15) is 5.10 Å². The van der Waals surface area contributed by atoms with E-state index in [4.69, 9.17) is 0 Å². The van der Waals surface area contributed by atoms with Crippen LogP contribution in [0, 0.1) is 6.92 Å². The van der Waals surface area contributed by atoms with E-state index in [2.05, 4.69) is 20.7 Å². The highest BCUT2D eigenvalue weighted by Crippen LogP contribution is 2.41. The first-order chi connectivity index (χ1) is 12.0. The third-order valence-corrected chi connectivity index (χ3v) is 5.24. The molecule has 1 unspecified atom stereocenters. The van der Waals surface area contributed by atoms with Crippen molar-refractivity contribution < 1.29 is 13.6 Å². The van der Waals surface area contributed by atoms with Crippen LogP contribution < -0.4 is 10.6 Å². The molecule has 0 saturated heterocycles. The SMILES string of the molecule is CCn1ccc(C2NC(=O)c3sc4nc(C(F)F)cc(C)c4c3N2)n1. The molecule has 4 heterocycles. The van der Waals surface area contributed by atoms with E-state index in [-0.39, 0.29) is 11.6 Å². The average molecular weight is 363 g/mol. The van der Waals surface area contributed by atoms with Crippen LogP contribution in [0.3, 0.4) is 0 Å². The number of nitrogens with zero attached hydrogens (tertiary/aromatic N) is 3. The van der Waals surface area contributed by atoms with Crippen molar-refractivity contribution in [3.05, 3.63) is 40.2 Å². The second-order valence-electron chi connectivity index (χ2n) is 5.80. The molecule has 25 heavy (non-hydrogen) atoms. The molecule has 1 aliphatic heterocycles. The number of aromatic nitrogens is 3. The summed E-state index contributed by atoms with van der Waals surface area (Å²) in [5.41, 5.74) is 1.71. The van der Waals surface area contributed by atoms with Crippen LogP contribution in [0.2, 0.25) is 0 Å². The van der Waals surface area contributed by atoms with Crippen LogP contribution in [0.25, 0.3) is 10.2 Å². The first-order valence-corrected chi connectivity index (χ1v) is 8.62. The average Bonchev–Trinajstić information content (AvgIpc) is 3.19. The second-order valence-corrected chi connectivity index (χ2v) is 6.80. The number of rotatable bonds is 3. The van der Waals surface area contributed by atoms with Crippen molar-refractivity contribution in [1.82, 2.24) is 20.1 Å². The molecule has 0 fully saturated rings. The highest BCUT2D eigenvalue weighted by Gasteiger charge is 2.31. The van der Waals surface area contributed by atoms with Gasteiger partial charge in [0.1, 0.15) is 27.3 Å². The number of halogens is 2. The Labute approximate surface area is 145 Å². The van der Waals surface area contributed by atoms with Gasteiger partial charge in [0.15, 0.2) is 0 Å². The predicted octanol–water partition coefficient (Wildman–Crippen LogP) is 3.61. The quantitative estimate of drug-likeness (QED) is 0.746. The van der Waals surface area contributed by atoms with Crippen LogP contribution in [-0.4, -0.2) is 20.7 Å². The fraction of sp³-hybridized carbons (Fsp3) is 0.312. The molecule has 0 radical (unpaired) electrons. The number of anilines is 1. The summed E-state index contributed by atoms with van der Waals surface area (Å²) in [5.74, 6) is -0.259. The Bertz CT molecular complexity index is 980. The molecule has 2 N–H and O–H groups in total. The van der Waals surface area contributed by atoms with E-state index in [0.29, 0.717) is 32.0 Å². The molecule has 0 aromatic carbocycles. The molecule has 3 aromatic rings. The Morgan fingerprint density at radius 3 is 2.88 bits per heavy atom. The molecular formula is C16H15F2N5OS. The molecular weight excluding hydrogens is 348 g/mol. The normalized spacial score (nSPS) is 16.8. The third kappa shape index (κ3) is 2.55. The third-order valence-electron chi connectivity index (χ3n) is 4.15. The smallest absolute Gasteiger partial charge is 0.280 e. The van der Waals surface area contributed by atoms with Gasteiger partial charge in [-0.15, -0.1) is 11.3 Å². The van der Waals surface area contributed by atoms with Crippen molar-refractivity contribution in [2.24, 2.45) is 0 Å². The minimum Gasteiger partial charge on any atom is -0.358 e. The molecule has 6 nitrogen and oxygen atoms in total. The van der Waals surface area contributed by atoms with Crippen molar-refractivity contribution in [1.29, 1.82) is 0 Å². The summed E-state index contributed by atoms with van der Waals surface area (Å²) in [6.07, 6.45) is -1.28. The van der Waals surface area contributed by atoms with Crippen LogP contribution in [0.1, 0.15) is 46.1 Å². The van der Waals surface area contributed by atoms with Gasteiger partial charge in [-0.05, 0) is 31.5 Å². The van der Waals surface area contributed by atoms with Gasteiger partial charge in [-0.3, -0.25) is 9.48 Å². The number of amides is 1. The van der Waals surface area contributed by atoms with Gasteiger partial charge in [-0.25, -0.2) is 13.8 Å². The number of pyridine rings is 1. The molecule has 1 atom stereocenters. The minimum atomic E-state index is -2.64. The van der Waals surface area contributed by atoms with Crippen molar-refractivity contribution in [2.45, 2.75) is 33.0 Å². The first-order valence-electron chi connectivity index (χ1n) is 7.81. The molecule has 4 rings (SSSR count). The van der Waals surface area contributed by atoms with Gasteiger partial charge in [0, 0.05) is 18.1 Å². The van der Waals surface area contributed by atoms with Gasteiger partial charge in [-0.1, -0.05) is 0 Å².